The van der Waals surface area contributed by atoms with Crippen LogP contribution in [0.15, 0.2) is 22.7 Å². The zero-order valence-electron chi connectivity index (χ0n) is 12.6. The minimum Gasteiger partial charge on any atom is -0.372 e. The summed E-state index contributed by atoms with van der Waals surface area (Å²) in [4.78, 5) is 22.3. The maximum absolute atomic E-state index is 12.6. The highest BCUT2D eigenvalue weighted by Crippen LogP contribution is 2.40. The van der Waals surface area contributed by atoms with Crippen LogP contribution in [0.25, 0.3) is 0 Å². The number of primary amides is 2. The SMILES string of the molecule is NC(=O)CNCCNS(=O)(=O)C1c2cc(Br)ccc2NC1C(N)=O. The number of sulfonamides is 1. The zero-order valence-corrected chi connectivity index (χ0v) is 15.0. The summed E-state index contributed by atoms with van der Waals surface area (Å²) >= 11 is 3.29. The van der Waals surface area contributed by atoms with Gasteiger partial charge in [0.15, 0.2) is 0 Å². The number of halogens is 1. The number of hydrogen-bond donors (Lipinski definition) is 5. The van der Waals surface area contributed by atoms with E-state index in [0.717, 1.165) is 0 Å². The number of benzene rings is 1. The molecule has 1 aromatic carbocycles. The lowest BCUT2D eigenvalue weighted by molar-refractivity contribution is -0.119. The molecule has 11 heteroatoms. The first-order chi connectivity index (χ1) is 11.2. The van der Waals surface area contributed by atoms with Crippen molar-refractivity contribution < 1.29 is 18.0 Å². The summed E-state index contributed by atoms with van der Waals surface area (Å²) in [7, 11) is -3.88. The van der Waals surface area contributed by atoms with Crippen LogP contribution >= 0.6 is 15.9 Å². The number of amides is 2. The van der Waals surface area contributed by atoms with E-state index < -0.39 is 33.1 Å². The normalized spacial score (nSPS) is 19.5. The van der Waals surface area contributed by atoms with Gasteiger partial charge in [0.1, 0.15) is 11.3 Å². The van der Waals surface area contributed by atoms with Crippen molar-refractivity contribution in [3.63, 3.8) is 0 Å². The molecule has 2 amide bonds. The third-order valence-electron chi connectivity index (χ3n) is 3.48. The molecule has 132 valence electrons. The molecular weight excluding hydrogens is 402 g/mol. The van der Waals surface area contributed by atoms with Gasteiger partial charge in [0, 0.05) is 23.2 Å². The van der Waals surface area contributed by atoms with Gasteiger partial charge in [0.25, 0.3) is 0 Å². The number of rotatable bonds is 8. The van der Waals surface area contributed by atoms with Gasteiger partial charge in [-0.1, -0.05) is 15.9 Å². The number of hydrogen-bond acceptors (Lipinski definition) is 6. The van der Waals surface area contributed by atoms with E-state index in [-0.39, 0.29) is 19.6 Å². The van der Waals surface area contributed by atoms with Crippen LogP contribution in [0.5, 0.6) is 0 Å². The molecule has 1 aliphatic heterocycles. The second kappa shape index (κ2) is 7.47. The van der Waals surface area contributed by atoms with E-state index in [4.69, 9.17) is 11.5 Å². The third kappa shape index (κ3) is 4.23. The summed E-state index contributed by atoms with van der Waals surface area (Å²) in [6.45, 7) is 0.211. The topological polar surface area (TPSA) is 156 Å². The first-order valence-electron chi connectivity index (χ1n) is 7.05. The van der Waals surface area contributed by atoms with E-state index in [9.17, 15) is 18.0 Å². The molecular formula is C13H18BrN5O4S. The van der Waals surface area contributed by atoms with Crippen LogP contribution in [0, 0.1) is 0 Å². The molecule has 2 unspecified atom stereocenters. The van der Waals surface area contributed by atoms with Crippen molar-refractivity contribution >= 4 is 43.5 Å². The molecule has 0 aliphatic carbocycles. The Morgan fingerprint density at radius 3 is 2.58 bits per heavy atom. The Hall–Kier alpha value is -1.69. The molecule has 1 heterocycles. The van der Waals surface area contributed by atoms with E-state index >= 15 is 0 Å². The lowest BCUT2D eigenvalue weighted by Gasteiger charge is -2.18. The molecule has 1 aliphatic rings. The van der Waals surface area contributed by atoms with Gasteiger partial charge in [0.05, 0.1) is 6.54 Å². The second-order valence-electron chi connectivity index (χ2n) is 5.26. The summed E-state index contributed by atoms with van der Waals surface area (Å²) in [6.07, 6.45) is 0. The lowest BCUT2D eigenvalue weighted by atomic mass is 10.1. The summed E-state index contributed by atoms with van der Waals surface area (Å²) < 4.78 is 28.4. The molecule has 1 aromatic rings. The number of carbonyl (C=O) groups is 2. The minimum atomic E-state index is -3.88. The van der Waals surface area contributed by atoms with Crippen LogP contribution in [-0.2, 0) is 19.6 Å². The Balaban J connectivity index is 2.15. The van der Waals surface area contributed by atoms with Crippen molar-refractivity contribution in [2.24, 2.45) is 11.5 Å². The highest BCUT2D eigenvalue weighted by atomic mass is 79.9. The van der Waals surface area contributed by atoms with Gasteiger partial charge in [-0.25, -0.2) is 13.1 Å². The Morgan fingerprint density at radius 1 is 1.25 bits per heavy atom. The molecule has 24 heavy (non-hydrogen) atoms. The van der Waals surface area contributed by atoms with Crippen LogP contribution in [0.2, 0.25) is 0 Å². The smallest absolute Gasteiger partial charge is 0.241 e. The maximum atomic E-state index is 12.6. The van der Waals surface area contributed by atoms with Gasteiger partial charge < -0.3 is 22.1 Å². The van der Waals surface area contributed by atoms with Gasteiger partial charge >= 0.3 is 0 Å². The predicted octanol–water partition coefficient (Wildman–Crippen LogP) is -1.24. The summed E-state index contributed by atoms with van der Waals surface area (Å²) in [5.41, 5.74) is 11.3. The predicted molar refractivity (Wildman–Crippen MR) is 92.5 cm³/mol. The number of nitrogens with two attached hydrogens (primary N) is 2. The van der Waals surface area contributed by atoms with Gasteiger partial charge in [-0.3, -0.25) is 9.59 Å². The number of anilines is 1. The van der Waals surface area contributed by atoms with Crippen LogP contribution < -0.4 is 26.8 Å². The standard InChI is InChI=1S/C13H18BrN5O4S/c14-7-1-2-9-8(5-7)12(11(19-9)13(16)21)24(22,23)18-4-3-17-6-10(15)20/h1-2,5,11-12,17-19H,3-4,6H2,(H2,15,20)(H2,16,21). The molecule has 0 fully saturated rings. The molecule has 0 bridgehead atoms. The molecule has 7 N–H and O–H groups in total. The Labute approximate surface area is 147 Å². The molecule has 0 spiro atoms. The fourth-order valence-corrected chi connectivity index (χ4v) is 4.51. The monoisotopic (exact) mass is 419 g/mol. The molecule has 0 saturated heterocycles. The van der Waals surface area contributed by atoms with Gasteiger partial charge in [-0.05, 0) is 23.8 Å². The maximum Gasteiger partial charge on any atom is 0.241 e. The van der Waals surface area contributed by atoms with E-state index in [1.165, 1.54) is 0 Å². The number of carbonyl (C=O) groups excluding carboxylic acids is 2. The highest BCUT2D eigenvalue weighted by Gasteiger charge is 2.44. The van der Waals surface area contributed by atoms with E-state index in [0.29, 0.717) is 15.7 Å². The van der Waals surface area contributed by atoms with Gasteiger partial charge in [-0.2, -0.15) is 0 Å². The number of fused-ring (bicyclic) bond motifs is 1. The fourth-order valence-electron chi connectivity index (χ4n) is 2.47. The number of nitrogens with one attached hydrogen (secondary N) is 3. The largest absolute Gasteiger partial charge is 0.372 e. The summed E-state index contributed by atoms with van der Waals surface area (Å²) in [5.74, 6) is -1.30. The quantitative estimate of drug-likeness (QED) is 0.331. The highest BCUT2D eigenvalue weighted by molar-refractivity contribution is 9.10. The first-order valence-corrected chi connectivity index (χ1v) is 9.39. The van der Waals surface area contributed by atoms with Crippen LogP contribution in [0.1, 0.15) is 10.8 Å². The van der Waals surface area contributed by atoms with E-state index in [2.05, 4.69) is 31.3 Å². The van der Waals surface area contributed by atoms with Crippen molar-refractivity contribution in [2.45, 2.75) is 11.3 Å². The Bertz CT molecular complexity index is 755. The van der Waals surface area contributed by atoms with Crippen molar-refractivity contribution in [3.05, 3.63) is 28.2 Å². The van der Waals surface area contributed by atoms with Crippen LogP contribution in [0.4, 0.5) is 5.69 Å². The van der Waals surface area contributed by atoms with E-state index in [1.807, 2.05) is 0 Å². The average Bonchev–Trinajstić information content (AvgIpc) is 2.86. The van der Waals surface area contributed by atoms with Crippen molar-refractivity contribution in [2.75, 3.05) is 25.0 Å². The Kier molecular flexibility index (Phi) is 5.80. The average molecular weight is 420 g/mol. The van der Waals surface area contributed by atoms with Crippen molar-refractivity contribution in [1.29, 1.82) is 0 Å². The molecule has 2 rings (SSSR count). The molecule has 9 nitrogen and oxygen atoms in total. The Morgan fingerprint density at radius 2 is 1.96 bits per heavy atom. The lowest BCUT2D eigenvalue weighted by Crippen LogP contribution is -2.44. The third-order valence-corrected chi connectivity index (χ3v) is 5.77. The minimum absolute atomic E-state index is 0.0426. The van der Waals surface area contributed by atoms with Gasteiger partial charge in [0.2, 0.25) is 21.8 Å². The zero-order chi connectivity index (χ0) is 17.9. The van der Waals surface area contributed by atoms with E-state index in [1.54, 1.807) is 18.2 Å². The van der Waals surface area contributed by atoms with Crippen LogP contribution in [-0.4, -0.2) is 45.9 Å². The van der Waals surface area contributed by atoms with Crippen molar-refractivity contribution in [1.82, 2.24) is 10.0 Å². The summed E-state index contributed by atoms with van der Waals surface area (Å²) in [5, 5.41) is 4.40. The van der Waals surface area contributed by atoms with Crippen LogP contribution in [0.3, 0.4) is 0 Å². The fraction of sp³-hybridized carbons (Fsp3) is 0.385. The summed E-state index contributed by atoms with van der Waals surface area (Å²) in [6, 6.07) is 3.99. The second-order valence-corrected chi connectivity index (χ2v) is 8.06. The van der Waals surface area contributed by atoms with Gasteiger partial charge in [-0.15, -0.1) is 0 Å². The molecule has 0 aromatic heterocycles. The molecule has 2 atom stereocenters. The molecule has 0 saturated carbocycles. The first kappa shape index (κ1) is 18.6. The molecule has 0 radical (unpaired) electrons. The van der Waals surface area contributed by atoms with Crippen molar-refractivity contribution in [3.8, 4) is 0 Å².